The molecule has 10 heteroatoms. The number of aromatic nitrogens is 2. The van der Waals surface area contributed by atoms with Crippen LogP contribution in [0.15, 0.2) is 18.2 Å². The Kier molecular flexibility index (Phi) is 5.19. The molecule has 0 spiro atoms. The Hall–Kier alpha value is -2.13. The molecule has 0 bridgehead atoms. The van der Waals surface area contributed by atoms with Gasteiger partial charge in [0.15, 0.2) is 0 Å². The van der Waals surface area contributed by atoms with Gasteiger partial charge in [0.2, 0.25) is 0 Å². The van der Waals surface area contributed by atoms with Crippen LogP contribution in [0.2, 0.25) is 10.0 Å². The smallest absolute Gasteiger partial charge is 0.318 e. The van der Waals surface area contributed by atoms with Crippen LogP contribution in [0.4, 0.5) is 5.69 Å². The summed E-state index contributed by atoms with van der Waals surface area (Å²) in [6.07, 6.45) is -0.512. The fourth-order valence-corrected chi connectivity index (χ4v) is 3.54. The maximum Gasteiger partial charge on any atom is 0.318 e. The molecule has 7 nitrogen and oxygen atoms in total. The number of hydrogen-bond donors (Lipinski definition) is 3. The highest BCUT2D eigenvalue weighted by Crippen LogP contribution is 2.40. The van der Waals surface area contributed by atoms with Gasteiger partial charge in [-0.05, 0) is 19.1 Å². The molecule has 2 aromatic heterocycles. The second kappa shape index (κ2) is 7.24. The molecule has 1 aromatic carbocycles. The number of benzene rings is 1. The van der Waals surface area contributed by atoms with E-state index in [0.717, 1.165) is 11.3 Å². The number of amides is 1. The summed E-state index contributed by atoms with van der Waals surface area (Å²) >= 11 is 13.1. The SMILES string of the molecule is CC(CO)Oc1nc(-c2ccc(Cl)c(Cl)c2)c2c(N)c(C(N)=O)sc2n1. The monoisotopic (exact) mass is 412 g/mol. The third-order valence-electron chi connectivity index (χ3n) is 3.55. The van der Waals surface area contributed by atoms with Crippen LogP contribution in [-0.4, -0.2) is 33.7 Å². The topological polar surface area (TPSA) is 124 Å². The fourth-order valence-electron chi connectivity index (χ4n) is 2.31. The molecular weight excluding hydrogens is 399 g/mol. The number of rotatable bonds is 5. The average molecular weight is 413 g/mol. The summed E-state index contributed by atoms with van der Waals surface area (Å²) in [6.45, 7) is 1.46. The third-order valence-corrected chi connectivity index (χ3v) is 5.40. The fraction of sp³-hybridized carbons (Fsp3) is 0.188. The lowest BCUT2D eigenvalue weighted by Crippen LogP contribution is -2.17. The van der Waals surface area contributed by atoms with E-state index in [2.05, 4.69) is 9.97 Å². The predicted molar refractivity (Wildman–Crippen MR) is 103 cm³/mol. The largest absolute Gasteiger partial charge is 0.458 e. The Morgan fingerprint density at radius 1 is 1.35 bits per heavy atom. The quantitative estimate of drug-likeness (QED) is 0.591. The summed E-state index contributed by atoms with van der Waals surface area (Å²) in [6, 6.07) is 5.02. The standard InChI is InChI=1S/C16H14Cl2N4O3S/c1-6(5-23)25-16-21-12(7-2-3-8(17)9(18)4-7)10-11(19)13(14(20)24)26-15(10)22-16/h2-4,6,23H,5,19H2,1H3,(H2,20,24). The highest BCUT2D eigenvalue weighted by molar-refractivity contribution is 7.21. The van der Waals surface area contributed by atoms with Crippen molar-refractivity contribution in [3.63, 3.8) is 0 Å². The first-order valence-corrected chi connectivity index (χ1v) is 9.01. The van der Waals surface area contributed by atoms with Gasteiger partial charge in [-0.2, -0.15) is 9.97 Å². The first-order valence-electron chi connectivity index (χ1n) is 7.44. The van der Waals surface area contributed by atoms with Crippen molar-refractivity contribution in [3.05, 3.63) is 33.1 Å². The Morgan fingerprint density at radius 2 is 2.08 bits per heavy atom. The van der Waals surface area contributed by atoms with Gasteiger partial charge in [0, 0.05) is 5.56 Å². The normalized spacial score (nSPS) is 12.3. The Bertz CT molecular complexity index is 1010. The lowest BCUT2D eigenvalue weighted by molar-refractivity contribution is 0.100. The lowest BCUT2D eigenvalue weighted by atomic mass is 10.1. The van der Waals surface area contributed by atoms with Crippen LogP contribution in [0, 0.1) is 0 Å². The Labute approximate surface area is 162 Å². The van der Waals surface area contributed by atoms with Crippen molar-refractivity contribution < 1.29 is 14.6 Å². The number of fused-ring (bicyclic) bond motifs is 1. The van der Waals surface area contributed by atoms with Gasteiger partial charge in [-0.1, -0.05) is 29.3 Å². The predicted octanol–water partition coefficient (Wildman–Crippen LogP) is 3.11. The first-order chi connectivity index (χ1) is 12.3. The van der Waals surface area contributed by atoms with Crippen molar-refractivity contribution in [1.82, 2.24) is 9.97 Å². The Balaban J connectivity index is 2.29. The molecule has 0 radical (unpaired) electrons. The van der Waals surface area contributed by atoms with Crippen LogP contribution in [-0.2, 0) is 0 Å². The van der Waals surface area contributed by atoms with E-state index in [1.165, 1.54) is 0 Å². The molecule has 0 aliphatic carbocycles. The van der Waals surface area contributed by atoms with Crippen LogP contribution >= 0.6 is 34.5 Å². The summed E-state index contributed by atoms with van der Waals surface area (Å²) in [5.74, 6) is -0.656. The van der Waals surface area contributed by atoms with Crippen LogP contribution in [0.5, 0.6) is 6.01 Å². The Morgan fingerprint density at radius 3 is 2.69 bits per heavy atom. The third kappa shape index (κ3) is 3.41. The minimum absolute atomic E-state index is 0.0393. The molecular formula is C16H14Cl2N4O3S. The number of nitrogen functional groups attached to an aromatic ring is 1. The van der Waals surface area contributed by atoms with E-state index in [0.29, 0.717) is 31.5 Å². The van der Waals surface area contributed by atoms with Crippen molar-refractivity contribution >= 4 is 56.3 Å². The number of thiophene rings is 1. The maximum absolute atomic E-state index is 11.6. The number of primary amides is 1. The summed E-state index contributed by atoms with van der Waals surface area (Å²) in [4.78, 5) is 20.9. The van der Waals surface area contributed by atoms with Gasteiger partial charge in [0.1, 0.15) is 15.8 Å². The van der Waals surface area contributed by atoms with Gasteiger partial charge < -0.3 is 21.3 Å². The van der Waals surface area contributed by atoms with E-state index in [-0.39, 0.29) is 23.2 Å². The molecule has 1 unspecified atom stereocenters. The van der Waals surface area contributed by atoms with E-state index < -0.39 is 12.0 Å². The summed E-state index contributed by atoms with van der Waals surface area (Å²) < 4.78 is 5.52. The molecule has 3 aromatic rings. The first kappa shape index (κ1) is 18.7. The van der Waals surface area contributed by atoms with Crippen LogP contribution in [0.1, 0.15) is 16.6 Å². The number of halogens is 2. The zero-order valence-electron chi connectivity index (χ0n) is 13.5. The lowest BCUT2D eigenvalue weighted by Gasteiger charge is -2.12. The average Bonchev–Trinajstić information content (AvgIpc) is 2.93. The molecule has 0 saturated heterocycles. The molecule has 1 atom stereocenters. The summed E-state index contributed by atoms with van der Waals surface area (Å²) in [7, 11) is 0. The maximum atomic E-state index is 11.6. The van der Waals surface area contributed by atoms with Crippen molar-refractivity contribution in [2.24, 2.45) is 5.73 Å². The number of aliphatic hydroxyl groups excluding tert-OH is 1. The number of aliphatic hydroxyl groups is 1. The van der Waals surface area contributed by atoms with E-state index >= 15 is 0 Å². The van der Waals surface area contributed by atoms with Crippen molar-refractivity contribution in [1.29, 1.82) is 0 Å². The molecule has 5 N–H and O–H groups in total. The zero-order valence-corrected chi connectivity index (χ0v) is 15.8. The minimum Gasteiger partial charge on any atom is -0.458 e. The van der Waals surface area contributed by atoms with Gasteiger partial charge in [-0.3, -0.25) is 4.79 Å². The summed E-state index contributed by atoms with van der Waals surface area (Å²) in [5.41, 5.74) is 12.7. The molecule has 2 heterocycles. The van der Waals surface area contributed by atoms with Gasteiger partial charge >= 0.3 is 6.01 Å². The highest BCUT2D eigenvalue weighted by atomic mass is 35.5. The highest BCUT2D eigenvalue weighted by Gasteiger charge is 2.22. The number of nitrogens with zero attached hydrogens (tertiary/aromatic N) is 2. The zero-order chi connectivity index (χ0) is 19.0. The molecule has 136 valence electrons. The number of anilines is 1. The van der Waals surface area contributed by atoms with Gasteiger partial charge in [-0.15, -0.1) is 11.3 Å². The van der Waals surface area contributed by atoms with Gasteiger partial charge in [0.05, 0.1) is 33.4 Å². The van der Waals surface area contributed by atoms with Crippen LogP contribution in [0.3, 0.4) is 0 Å². The number of ether oxygens (including phenoxy) is 1. The number of nitrogens with two attached hydrogens (primary N) is 2. The molecule has 3 rings (SSSR count). The van der Waals surface area contributed by atoms with Crippen molar-refractivity contribution in [2.75, 3.05) is 12.3 Å². The molecule has 0 saturated carbocycles. The number of carbonyl (C=O) groups is 1. The van der Waals surface area contributed by atoms with Crippen molar-refractivity contribution in [3.8, 4) is 17.3 Å². The molecule has 0 aliphatic heterocycles. The van der Waals surface area contributed by atoms with E-state index in [1.807, 2.05) is 0 Å². The number of hydrogen-bond acceptors (Lipinski definition) is 7. The second-order valence-corrected chi connectivity index (χ2v) is 7.30. The van der Waals surface area contributed by atoms with E-state index in [9.17, 15) is 9.90 Å². The van der Waals surface area contributed by atoms with Gasteiger partial charge in [-0.25, -0.2) is 0 Å². The minimum atomic E-state index is -0.656. The number of carbonyl (C=O) groups excluding carboxylic acids is 1. The van der Waals surface area contributed by atoms with Crippen LogP contribution < -0.4 is 16.2 Å². The van der Waals surface area contributed by atoms with Crippen LogP contribution in [0.25, 0.3) is 21.5 Å². The summed E-state index contributed by atoms with van der Waals surface area (Å²) in [5, 5.41) is 10.4. The van der Waals surface area contributed by atoms with E-state index in [4.69, 9.17) is 39.4 Å². The van der Waals surface area contributed by atoms with Crippen molar-refractivity contribution in [2.45, 2.75) is 13.0 Å². The molecule has 1 amide bonds. The van der Waals surface area contributed by atoms with Gasteiger partial charge in [0.25, 0.3) is 5.91 Å². The molecule has 0 aliphatic rings. The molecule has 26 heavy (non-hydrogen) atoms. The van der Waals surface area contributed by atoms with E-state index in [1.54, 1.807) is 25.1 Å². The second-order valence-electron chi connectivity index (χ2n) is 5.48. The molecule has 0 fully saturated rings.